The van der Waals surface area contributed by atoms with Crippen molar-refractivity contribution in [3.63, 3.8) is 0 Å². The molecule has 2 aliphatic carbocycles. The second-order valence-electron chi connectivity index (χ2n) is 10.8. The fraction of sp³-hybridized carbons (Fsp3) is 0.538. The highest BCUT2D eigenvalue weighted by Gasteiger charge is 2.49. The molecular formula is C26H31Br2NO3. The second kappa shape index (κ2) is 8.12. The van der Waals surface area contributed by atoms with Crippen molar-refractivity contribution in [2.45, 2.75) is 66.2 Å². The Morgan fingerprint density at radius 3 is 1.88 bits per heavy atom. The molecule has 3 aliphatic rings. The molecule has 0 unspecified atom stereocenters. The first-order valence-corrected chi connectivity index (χ1v) is 12.8. The van der Waals surface area contributed by atoms with Gasteiger partial charge in [-0.15, -0.1) is 0 Å². The van der Waals surface area contributed by atoms with Crippen molar-refractivity contribution in [2.24, 2.45) is 10.8 Å². The molecule has 0 radical (unpaired) electrons. The molecule has 0 saturated carbocycles. The fourth-order valence-electron chi connectivity index (χ4n) is 5.75. The maximum Gasteiger partial charge on any atom is 0.162 e. The highest BCUT2D eigenvalue weighted by Crippen LogP contribution is 2.56. The number of hydrogen-bond acceptors (Lipinski definition) is 4. The average Bonchev–Trinajstić information content (AvgIpc) is 2.64. The van der Waals surface area contributed by atoms with Crippen LogP contribution in [0.25, 0.3) is 0 Å². The lowest BCUT2D eigenvalue weighted by Crippen LogP contribution is -2.44. The van der Waals surface area contributed by atoms with Crippen LogP contribution in [0.15, 0.2) is 43.6 Å². The molecule has 0 N–H and O–H groups in total. The Bertz CT molecular complexity index is 1030. The predicted octanol–water partition coefficient (Wildman–Crippen LogP) is 6.93. The smallest absolute Gasteiger partial charge is 0.162 e. The number of halogens is 2. The summed E-state index contributed by atoms with van der Waals surface area (Å²) < 4.78 is 7.49. The van der Waals surface area contributed by atoms with Crippen LogP contribution in [0.3, 0.4) is 0 Å². The summed E-state index contributed by atoms with van der Waals surface area (Å²) >= 11 is 7.24. The van der Waals surface area contributed by atoms with Crippen LogP contribution >= 0.6 is 31.9 Å². The Kier molecular flexibility index (Phi) is 6.03. The van der Waals surface area contributed by atoms with Crippen LogP contribution in [0.4, 0.5) is 0 Å². The first-order valence-electron chi connectivity index (χ1n) is 11.2. The van der Waals surface area contributed by atoms with Gasteiger partial charge < -0.3 is 9.64 Å². The molecule has 6 heteroatoms. The van der Waals surface area contributed by atoms with Crippen molar-refractivity contribution in [2.75, 3.05) is 13.7 Å². The molecule has 1 aliphatic heterocycles. The molecule has 0 fully saturated rings. The maximum absolute atomic E-state index is 13.7. The van der Waals surface area contributed by atoms with Crippen molar-refractivity contribution < 1.29 is 14.3 Å². The van der Waals surface area contributed by atoms with E-state index in [1.807, 2.05) is 12.1 Å². The van der Waals surface area contributed by atoms with Crippen LogP contribution in [0.5, 0.6) is 5.75 Å². The van der Waals surface area contributed by atoms with Crippen molar-refractivity contribution >= 4 is 43.4 Å². The molecule has 4 nitrogen and oxygen atoms in total. The van der Waals surface area contributed by atoms with Gasteiger partial charge in [0.2, 0.25) is 0 Å². The molecule has 0 aromatic heterocycles. The quantitative estimate of drug-likeness (QED) is 0.399. The number of Topliss-reactive ketones (excluding diaryl/α,β-unsaturated/α-hetero) is 2. The van der Waals surface area contributed by atoms with Gasteiger partial charge in [-0.25, -0.2) is 0 Å². The van der Waals surface area contributed by atoms with E-state index in [1.54, 1.807) is 7.11 Å². The zero-order valence-electron chi connectivity index (χ0n) is 19.7. The Morgan fingerprint density at radius 1 is 0.938 bits per heavy atom. The summed E-state index contributed by atoms with van der Waals surface area (Å²) in [4.78, 5) is 29.6. The lowest BCUT2D eigenvalue weighted by molar-refractivity contribution is -0.119. The number of ketones is 2. The molecule has 0 atom stereocenters. The standard InChI is InChI=1S/C26H31Br2NO3/c1-7-29-17-10-25(2,3)12-19(30)22(17)21(15-8-14(27)9-16(28)24(15)32-6)23-18(29)11-26(4,5)13-20(23)31/h8-9,21H,7,10-13H2,1-6H3. The van der Waals surface area contributed by atoms with Crippen molar-refractivity contribution in [3.8, 4) is 5.75 Å². The van der Waals surface area contributed by atoms with Gasteiger partial charge in [0, 0.05) is 57.9 Å². The zero-order chi connectivity index (χ0) is 23.6. The highest BCUT2D eigenvalue weighted by atomic mass is 79.9. The Labute approximate surface area is 207 Å². The first-order chi connectivity index (χ1) is 14.9. The van der Waals surface area contributed by atoms with Crippen LogP contribution in [-0.4, -0.2) is 30.1 Å². The molecule has 0 spiro atoms. The molecule has 0 saturated heterocycles. The Balaban J connectivity index is 2.07. The molecule has 4 rings (SSSR count). The molecule has 0 amide bonds. The van der Waals surface area contributed by atoms with Gasteiger partial charge in [0.25, 0.3) is 0 Å². The minimum Gasteiger partial charge on any atom is -0.495 e. The monoisotopic (exact) mass is 563 g/mol. The molecular weight excluding hydrogens is 534 g/mol. The number of allylic oxidation sites excluding steroid dienone is 4. The van der Waals surface area contributed by atoms with E-state index >= 15 is 0 Å². The normalized spacial score (nSPS) is 22.8. The summed E-state index contributed by atoms with van der Waals surface area (Å²) in [6, 6.07) is 3.94. The average molecular weight is 565 g/mol. The van der Waals surface area contributed by atoms with Crippen LogP contribution in [0.2, 0.25) is 0 Å². The number of benzene rings is 1. The van der Waals surface area contributed by atoms with E-state index < -0.39 is 5.92 Å². The summed E-state index contributed by atoms with van der Waals surface area (Å²) in [5.74, 6) is 0.555. The maximum atomic E-state index is 13.7. The minimum absolute atomic E-state index is 0.109. The third kappa shape index (κ3) is 3.91. The molecule has 172 valence electrons. The number of carbonyl (C=O) groups excluding carboxylic acids is 2. The second-order valence-corrected chi connectivity index (χ2v) is 12.6. The first kappa shape index (κ1) is 23.7. The SMILES string of the molecule is CCN1C2=C(C(=O)CC(C)(C)C2)C(c2cc(Br)cc(Br)c2OC)C2=C1CC(C)(C)CC2=O. The molecule has 32 heavy (non-hydrogen) atoms. The van der Waals surface area contributed by atoms with E-state index in [2.05, 4.69) is 71.4 Å². The number of carbonyl (C=O) groups is 2. The van der Waals surface area contributed by atoms with Crippen LogP contribution in [0, 0.1) is 10.8 Å². The largest absolute Gasteiger partial charge is 0.495 e. The van der Waals surface area contributed by atoms with E-state index in [-0.39, 0.29) is 22.4 Å². The Morgan fingerprint density at radius 2 is 1.44 bits per heavy atom. The van der Waals surface area contributed by atoms with Crippen LogP contribution in [-0.2, 0) is 9.59 Å². The molecule has 1 aromatic rings. The summed E-state index contributed by atoms with van der Waals surface area (Å²) in [7, 11) is 1.64. The van der Waals surface area contributed by atoms with E-state index in [0.29, 0.717) is 18.6 Å². The summed E-state index contributed by atoms with van der Waals surface area (Å²) in [5.41, 5.74) is 4.37. The molecule has 1 heterocycles. The molecule has 1 aromatic carbocycles. The number of methoxy groups -OCH3 is 1. The van der Waals surface area contributed by atoms with Crippen LogP contribution < -0.4 is 4.74 Å². The van der Waals surface area contributed by atoms with Gasteiger partial charge in [-0.1, -0.05) is 43.6 Å². The number of ether oxygens (including phenoxy) is 1. The van der Waals surface area contributed by atoms with Gasteiger partial charge in [-0.05, 0) is 58.7 Å². The number of hydrogen-bond donors (Lipinski definition) is 0. The lowest BCUT2D eigenvalue weighted by atomic mass is 9.63. The summed E-state index contributed by atoms with van der Waals surface area (Å²) in [6.07, 6.45) is 2.61. The van der Waals surface area contributed by atoms with E-state index in [1.165, 1.54) is 0 Å². The van der Waals surface area contributed by atoms with E-state index in [0.717, 1.165) is 56.4 Å². The van der Waals surface area contributed by atoms with Crippen molar-refractivity contribution in [1.29, 1.82) is 0 Å². The van der Waals surface area contributed by atoms with E-state index in [4.69, 9.17) is 4.74 Å². The number of rotatable bonds is 3. The third-order valence-corrected chi connectivity index (χ3v) is 7.94. The van der Waals surface area contributed by atoms with Gasteiger partial charge in [0.1, 0.15) is 5.75 Å². The summed E-state index contributed by atoms with van der Waals surface area (Å²) in [6.45, 7) is 11.5. The van der Waals surface area contributed by atoms with Crippen molar-refractivity contribution in [1.82, 2.24) is 4.90 Å². The predicted molar refractivity (Wildman–Crippen MR) is 134 cm³/mol. The minimum atomic E-state index is -0.404. The van der Waals surface area contributed by atoms with Gasteiger partial charge in [-0.2, -0.15) is 0 Å². The molecule has 0 bridgehead atoms. The fourth-order valence-corrected chi connectivity index (χ4v) is 7.17. The van der Waals surface area contributed by atoms with Gasteiger partial charge >= 0.3 is 0 Å². The lowest BCUT2D eigenvalue weighted by Gasteiger charge is -2.49. The topological polar surface area (TPSA) is 46.6 Å². The zero-order valence-corrected chi connectivity index (χ0v) is 22.9. The van der Waals surface area contributed by atoms with Crippen LogP contribution in [0.1, 0.15) is 71.8 Å². The van der Waals surface area contributed by atoms with Gasteiger partial charge in [0.15, 0.2) is 11.6 Å². The Hall–Kier alpha value is -1.40. The van der Waals surface area contributed by atoms with Gasteiger partial charge in [0.05, 0.1) is 11.6 Å². The number of nitrogens with zero attached hydrogens (tertiary/aromatic N) is 1. The highest BCUT2D eigenvalue weighted by molar-refractivity contribution is 9.11. The van der Waals surface area contributed by atoms with Crippen molar-refractivity contribution in [3.05, 3.63) is 49.2 Å². The van der Waals surface area contributed by atoms with Gasteiger partial charge in [-0.3, -0.25) is 9.59 Å². The summed E-state index contributed by atoms with van der Waals surface area (Å²) in [5, 5.41) is 0. The third-order valence-electron chi connectivity index (χ3n) is 6.89. The van der Waals surface area contributed by atoms with E-state index in [9.17, 15) is 9.59 Å².